The van der Waals surface area contributed by atoms with E-state index in [4.69, 9.17) is 5.73 Å². The second-order valence-corrected chi connectivity index (χ2v) is 7.37. The molecule has 1 aromatic heterocycles. The number of hydrogen-bond donors (Lipinski definition) is 2. The van der Waals surface area contributed by atoms with Gasteiger partial charge in [0.1, 0.15) is 0 Å². The number of hydrogen-bond acceptors (Lipinski definition) is 5. The van der Waals surface area contributed by atoms with Crippen LogP contribution in [0.3, 0.4) is 0 Å². The van der Waals surface area contributed by atoms with Gasteiger partial charge in [-0.2, -0.15) is 0 Å². The Hall–Kier alpha value is -2.57. The van der Waals surface area contributed by atoms with Crippen molar-refractivity contribution < 1.29 is 0 Å². The van der Waals surface area contributed by atoms with Gasteiger partial charge in [0.2, 0.25) is 5.16 Å². The van der Waals surface area contributed by atoms with Crippen molar-refractivity contribution in [3.63, 3.8) is 0 Å². The Bertz CT molecular complexity index is 916. The highest BCUT2D eigenvalue weighted by Crippen LogP contribution is 2.30. The smallest absolute Gasteiger partial charge is 0.214 e. The van der Waals surface area contributed by atoms with Gasteiger partial charge in [-0.05, 0) is 36.1 Å². The molecule has 2 aromatic carbocycles. The molecule has 0 unspecified atom stereocenters. The number of nitrogens with one attached hydrogen (secondary N) is 1. The Labute approximate surface area is 163 Å². The molecular weight excluding hydrogens is 354 g/mol. The summed E-state index contributed by atoms with van der Waals surface area (Å²) >= 11 is 1.60. The summed E-state index contributed by atoms with van der Waals surface area (Å²) in [4.78, 5) is 0. The van der Waals surface area contributed by atoms with E-state index in [1.807, 2.05) is 10.7 Å². The molecular formula is C21H23N5S. The standard InChI is InChI=1S/C21H23N5S/c22-14-6-2-5-9-20-23-24-21-26(20)25-19(15-27-21)18-12-10-17(11-13-18)16-7-3-1-4-8-16/h1,3-4,7-8,10-13,15,25H,2,5-6,9,14,22H2. The first-order valence-corrected chi connectivity index (χ1v) is 10.2. The van der Waals surface area contributed by atoms with Crippen LogP contribution in [0.4, 0.5) is 0 Å². The number of aromatic nitrogens is 3. The van der Waals surface area contributed by atoms with Crippen molar-refractivity contribution in [2.45, 2.75) is 30.8 Å². The first-order valence-electron chi connectivity index (χ1n) is 9.29. The van der Waals surface area contributed by atoms with E-state index < -0.39 is 0 Å². The average molecular weight is 378 g/mol. The largest absolute Gasteiger partial charge is 0.330 e. The molecule has 4 rings (SSSR count). The third kappa shape index (κ3) is 4.07. The average Bonchev–Trinajstić information content (AvgIpc) is 3.14. The van der Waals surface area contributed by atoms with Crippen molar-refractivity contribution in [2.24, 2.45) is 5.73 Å². The Morgan fingerprint density at radius 3 is 2.37 bits per heavy atom. The summed E-state index contributed by atoms with van der Waals surface area (Å²) < 4.78 is 2.01. The van der Waals surface area contributed by atoms with E-state index in [-0.39, 0.29) is 0 Å². The van der Waals surface area contributed by atoms with E-state index in [0.717, 1.165) is 54.5 Å². The Kier molecular flexibility index (Phi) is 5.55. The Morgan fingerprint density at radius 1 is 0.852 bits per heavy atom. The predicted molar refractivity (Wildman–Crippen MR) is 112 cm³/mol. The van der Waals surface area contributed by atoms with Crippen LogP contribution >= 0.6 is 11.8 Å². The molecule has 138 valence electrons. The minimum atomic E-state index is 0.748. The molecule has 2 heterocycles. The molecule has 1 aliphatic rings. The number of nitrogens with two attached hydrogens (primary N) is 1. The number of benzene rings is 2. The third-order valence-corrected chi connectivity index (χ3v) is 5.45. The van der Waals surface area contributed by atoms with E-state index in [0.29, 0.717) is 0 Å². The fourth-order valence-electron chi connectivity index (χ4n) is 3.12. The van der Waals surface area contributed by atoms with Crippen LogP contribution < -0.4 is 11.2 Å². The van der Waals surface area contributed by atoms with Crippen LogP contribution in [0.5, 0.6) is 0 Å². The van der Waals surface area contributed by atoms with Crippen LogP contribution in [-0.2, 0) is 6.42 Å². The SMILES string of the molecule is NCCCCCc1nnc2n1NC(c1ccc(-c3ccccc3)cc1)=CS2. The second kappa shape index (κ2) is 8.41. The van der Waals surface area contributed by atoms with Gasteiger partial charge in [-0.25, -0.2) is 4.68 Å². The predicted octanol–water partition coefficient (Wildman–Crippen LogP) is 4.26. The molecule has 3 N–H and O–H groups in total. The van der Waals surface area contributed by atoms with Crippen LogP contribution in [0.25, 0.3) is 16.8 Å². The zero-order valence-corrected chi connectivity index (χ0v) is 16.0. The highest BCUT2D eigenvalue weighted by molar-refractivity contribution is 8.02. The van der Waals surface area contributed by atoms with Crippen LogP contribution in [0.2, 0.25) is 0 Å². The molecule has 0 aliphatic carbocycles. The van der Waals surface area contributed by atoms with Gasteiger partial charge in [0.25, 0.3) is 0 Å². The van der Waals surface area contributed by atoms with Gasteiger partial charge < -0.3 is 5.73 Å². The highest BCUT2D eigenvalue weighted by atomic mass is 32.2. The molecule has 5 nitrogen and oxygen atoms in total. The summed E-state index contributed by atoms with van der Waals surface area (Å²) in [5.41, 5.74) is 13.7. The van der Waals surface area contributed by atoms with Crippen LogP contribution in [0.15, 0.2) is 65.2 Å². The lowest BCUT2D eigenvalue weighted by Crippen LogP contribution is -2.20. The summed E-state index contributed by atoms with van der Waals surface area (Å²) in [5, 5.41) is 11.6. The zero-order valence-electron chi connectivity index (χ0n) is 15.1. The van der Waals surface area contributed by atoms with Crippen molar-refractivity contribution in [1.29, 1.82) is 0 Å². The molecule has 0 radical (unpaired) electrons. The molecule has 3 aromatic rings. The van der Waals surface area contributed by atoms with E-state index in [1.165, 1.54) is 11.1 Å². The van der Waals surface area contributed by atoms with Gasteiger partial charge >= 0.3 is 0 Å². The first kappa shape index (κ1) is 17.8. The molecule has 6 heteroatoms. The van der Waals surface area contributed by atoms with E-state index in [9.17, 15) is 0 Å². The van der Waals surface area contributed by atoms with Crippen molar-refractivity contribution in [1.82, 2.24) is 14.9 Å². The van der Waals surface area contributed by atoms with Gasteiger partial charge in [-0.3, -0.25) is 5.43 Å². The number of fused-ring (bicyclic) bond motifs is 1. The fraction of sp³-hybridized carbons (Fsp3) is 0.238. The quantitative estimate of drug-likeness (QED) is 0.602. The molecule has 0 saturated carbocycles. The van der Waals surface area contributed by atoms with Crippen molar-refractivity contribution in [3.8, 4) is 11.1 Å². The minimum Gasteiger partial charge on any atom is -0.330 e. The maximum atomic E-state index is 5.57. The summed E-state index contributed by atoms with van der Waals surface area (Å²) in [7, 11) is 0. The highest BCUT2D eigenvalue weighted by Gasteiger charge is 2.18. The lowest BCUT2D eigenvalue weighted by Gasteiger charge is -2.19. The molecule has 1 aliphatic heterocycles. The maximum Gasteiger partial charge on any atom is 0.214 e. The monoisotopic (exact) mass is 377 g/mol. The lowest BCUT2D eigenvalue weighted by molar-refractivity contribution is 0.650. The van der Waals surface area contributed by atoms with E-state index in [1.54, 1.807) is 11.8 Å². The fourth-order valence-corrected chi connectivity index (χ4v) is 3.88. The zero-order chi connectivity index (χ0) is 18.5. The number of aryl methyl sites for hydroxylation is 1. The van der Waals surface area contributed by atoms with E-state index in [2.05, 4.69) is 69.6 Å². The van der Waals surface area contributed by atoms with Gasteiger partial charge in [-0.1, -0.05) is 72.8 Å². The Morgan fingerprint density at radius 2 is 1.59 bits per heavy atom. The van der Waals surface area contributed by atoms with Crippen LogP contribution in [-0.4, -0.2) is 21.4 Å². The van der Waals surface area contributed by atoms with Crippen LogP contribution in [0, 0.1) is 0 Å². The summed E-state index contributed by atoms with van der Waals surface area (Å²) in [6.07, 6.45) is 4.16. The van der Waals surface area contributed by atoms with Gasteiger partial charge in [-0.15, -0.1) is 10.2 Å². The Balaban J connectivity index is 1.47. The van der Waals surface area contributed by atoms with Gasteiger partial charge in [0.15, 0.2) is 5.82 Å². The van der Waals surface area contributed by atoms with Gasteiger partial charge in [0, 0.05) is 11.8 Å². The molecule has 0 fully saturated rings. The molecule has 0 saturated heterocycles. The summed E-state index contributed by atoms with van der Waals surface area (Å²) in [6, 6.07) is 19.0. The topological polar surface area (TPSA) is 68.8 Å². The molecule has 0 atom stereocenters. The number of unbranched alkanes of at least 4 members (excludes halogenated alkanes) is 2. The van der Waals surface area contributed by atoms with Crippen molar-refractivity contribution >= 4 is 17.5 Å². The lowest BCUT2D eigenvalue weighted by atomic mass is 10.0. The van der Waals surface area contributed by atoms with Crippen LogP contribution in [0.1, 0.15) is 30.7 Å². The molecule has 0 bridgehead atoms. The second-order valence-electron chi connectivity index (χ2n) is 6.54. The number of nitrogens with zero attached hydrogens (tertiary/aromatic N) is 3. The summed E-state index contributed by atoms with van der Waals surface area (Å²) in [5.74, 6) is 0.973. The molecule has 27 heavy (non-hydrogen) atoms. The first-order chi connectivity index (χ1) is 13.3. The minimum absolute atomic E-state index is 0.748. The molecule has 0 amide bonds. The summed E-state index contributed by atoms with van der Waals surface area (Å²) in [6.45, 7) is 0.748. The maximum absolute atomic E-state index is 5.57. The number of thioether (sulfide) groups is 1. The normalized spacial score (nSPS) is 13.0. The third-order valence-electron chi connectivity index (χ3n) is 4.62. The van der Waals surface area contributed by atoms with E-state index >= 15 is 0 Å². The van der Waals surface area contributed by atoms with Crippen molar-refractivity contribution in [3.05, 3.63) is 71.4 Å². The van der Waals surface area contributed by atoms with Gasteiger partial charge in [0.05, 0.1) is 5.70 Å². The van der Waals surface area contributed by atoms with Crippen molar-refractivity contribution in [2.75, 3.05) is 12.0 Å². The number of rotatable bonds is 7. The molecule has 0 spiro atoms.